The summed E-state index contributed by atoms with van der Waals surface area (Å²) in [4.78, 5) is 4.38. The lowest BCUT2D eigenvalue weighted by atomic mass is 10.2. The van der Waals surface area contributed by atoms with Gasteiger partial charge in [-0.15, -0.1) is 11.6 Å². The Morgan fingerprint density at radius 2 is 1.95 bits per heavy atom. The molecule has 0 spiro atoms. The largest absolute Gasteiger partial charge is 0.487 e. The Morgan fingerprint density at radius 3 is 2.63 bits per heavy atom. The van der Waals surface area contributed by atoms with E-state index >= 15 is 0 Å². The molecule has 0 saturated heterocycles. The van der Waals surface area contributed by atoms with Crippen LogP contribution in [-0.4, -0.2) is 10.9 Å². The molecule has 0 unspecified atom stereocenters. The predicted molar refractivity (Wildman–Crippen MR) is 77.3 cm³/mol. The maximum atomic E-state index is 5.67. The third kappa shape index (κ3) is 4.31. The molecule has 0 aliphatic heterocycles. The fourth-order valence-electron chi connectivity index (χ4n) is 1.61. The highest BCUT2D eigenvalue weighted by molar-refractivity contribution is 6.19. The maximum absolute atomic E-state index is 5.67. The van der Waals surface area contributed by atoms with Crippen LogP contribution in [0.25, 0.3) is 0 Å². The zero-order valence-electron chi connectivity index (χ0n) is 10.7. The van der Waals surface area contributed by atoms with E-state index < -0.39 is 0 Å². The summed E-state index contributed by atoms with van der Waals surface area (Å²) >= 11 is 5.51. The maximum Gasteiger partial charge on any atom is 0.130 e. The van der Waals surface area contributed by atoms with Gasteiger partial charge in [0.05, 0.1) is 11.6 Å². The minimum atomic E-state index is 0.345. The van der Waals surface area contributed by atoms with Crippen molar-refractivity contribution in [3.05, 3.63) is 59.4 Å². The number of hydrogen-bond acceptors (Lipinski definition) is 2. The molecule has 2 nitrogen and oxygen atoms in total. The summed E-state index contributed by atoms with van der Waals surface area (Å²) in [5.41, 5.74) is 2.85. The standard InChI is InChI=1S/C16H14ClNO/c1-13-4-2-6-15(18-13)12-19-16-9-7-14(8-10-16)5-3-11-17/h2,4,6-10H,11-12H2,1H3. The molecule has 0 aliphatic rings. The summed E-state index contributed by atoms with van der Waals surface area (Å²) in [5, 5.41) is 0. The second kappa shape index (κ2) is 6.82. The molecule has 0 N–H and O–H groups in total. The van der Waals surface area contributed by atoms with Crippen molar-refractivity contribution in [2.24, 2.45) is 0 Å². The zero-order valence-corrected chi connectivity index (χ0v) is 11.4. The van der Waals surface area contributed by atoms with Gasteiger partial charge < -0.3 is 4.74 Å². The van der Waals surface area contributed by atoms with Gasteiger partial charge in [0.15, 0.2) is 0 Å². The molecule has 0 fully saturated rings. The summed E-state index contributed by atoms with van der Waals surface area (Å²) in [7, 11) is 0. The number of nitrogens with zero attached hydrogens (tertiary/aromatic N) is 1. The van der Waals surface area contributed by atoms with Crippen LogP contribution < -0.4 is 4.74 Å². The molecule has 0 aliphatic carbocycles. The molecule has 1 heterocycles. The highest BCUT2D eigenvalue weighted by Gasteiger charge is 1.97. The molecule has 0 bridgehead atoms. The summed E-state index contributed by atoms with van der Waals surface area (Å²) in [6, 6.07) is 13.5. The van der Waals surface area contributed by atoms with Crippen molar-refractivity contribution in [1.82, 2.24) is 4.98 Å². The van der Waals surface area contributed by atoms with Crippen molar-refractivity contribution in [3.8, 4) is 17.6 Å². The van der Waals surface area contributed by atoms with Crippen LogP contribution in [0.4, 0.5) is 0 Å². The van der Waals surface area contributed by atoms with Gasteiger partial charge in [0, 0.05) is 11.3 Å². The van der Waals surface area contributed by atoms with Crippen molar-refractivity contribution in [1.29, 1.82) is 0 Å². The number of aryl methyl sites for hydroxylation is 1. The second-order valence-electron chi connectivity index (χ2n) is 4.02. The lowest BCUT2D eigenvalue weighted by Gasteiger charge is -2.06. The van der Waals surface area contributed by atoms with Gasteiger partial charge in [-0.25, -0.2) is 0 Å². The molecular formula is C16H14ClNO. The Balaban J connectivity index is 1.96. The first-order chi connectivity index (χ1) is 9.28. The zero-order chi connectivity index (χ0) is 13.5. The van der Waals surface area contributed by atoms with Crippen LogP contribution in [-0.2, 0) is 6.61 Å². The minimum Gasteiger partial charge on any atom is -0.487 e. The predicted octanol–water partition coefficient (Wildman–Crippen LogP) is 3.56. The van der Waals surface area contributed by atoms with E-state index in [0.717, 1.165) is 22.7 Å². The molecule has 0 amide bonds. The SMILES string of the molecule is Cc1cccc(COc2ccc(C#CCCl)cc2)n1. The first kappa shape index (κ1) is 13.5. The van der Waals surface area contributed by atoms with Crippen LogP contribution in [0.15, 0.2) is 42.5 Å². The average molecular weight is 272 g/mol. The molecule has 1 aromatic carbocycles. The fraction of sp³-hybridized carbons (Fsp3) is 0.188. The molecule has 19 heavy (non-hydrogen) atoms. The molecule has 0 saturated carbocycles. The van der Waals surface area contributed by atoms with E-state index in [2.05, 4.69) is 16.8 Å². The number of ether oxygens (including phenoxy) is 1. The van der Waals surface area contributed by atoms with Crippen LogP contribution in [0.3, 0.4) is 0 Å². The number of hydrogen-bond donors (Lipinski definition) is 0. The Labute approximate surface area is 118 Å². The van der Waals surface area contributed by atoms with Gasteiger partial charge in [0.25, 0.3) is 0 Å². The smallest absolute Gasteiger partial charge is 0.130 e. The van der Waals surface area contributed by atoms with E-state index in [1.165, 1.54) is 0 Å². The lowest BCUT2D eigenvalue weighted by molar-refractivity contribution is 0.301. The van der Waals surface area contributed by atoms with Crippen LogP contribution >= 0.6 is 11.6 Å². The van der Waals surface area contributed by atoms with Gasteiger partial charge in [0.1, 0.15) is 12.4 Å². The number of aromatic nitrogens is 1. The van der Waals surface area contributed by atoms with E-state index in [1.54, 1.807) is 0 Å². The summed E-state index contributed by atoms with van der Waals surface area (Å²) in [6.07, 6.45) is 0. The third-order valence-electron chi connectivity index (χ3n) is 2.49. The Bertz CT molecular complexity index is 596. The van der Waals surface area contributed by atoms with Crippen molar-refractivity contribution in [2.75, 3.05) is 5.88 Å². The van der Waals surface area contributed by atoms with Crippen LogP contribution in [0, 0.1) is 18.8 Å². The van der Waals surface area contributed by atoms with Gasteiger partial charge in [-0.3, -0.25) is 4.98 Å². The highest BCUT2D eigenvalue weighted by Crippen LogP contribution is 2.13. The lowest BCUT2D eigenvalue weighted by Crippen LogP contribution is -1.98. The van der Waals surface area contributed by atoms with Crippen molar-refractivity contribution in [3.63, 3.8) is 0 Å². The molecule has 1 aromatic heterocycles. The normalized spacial score (nSPS) is 9.58. The highest BCUT2D eigenvalue weighted by atomic mass is 35.5. The second-order valence-corrected chi connectivity index (χ2v) is 4.29. The number of alkyl halides is 1. The topological polar surface area (TPSA) is 22.1 Å². The number of halogens is 1. The number of pyridine rings is 1. The third-order valence-corrected chi connectivity index (χ3v) is 2.62. The Morgan fingerprint density at radius 1 is 1.16 bits per heavy atom. The molecule has 0 radical (unpaired) electrons. The molecular weight excluding hydrogens is 258 g/mol. The minimum absolute atomic E-state index is 0.345. The first-order valence-corrected chi connectivity index (χ1v) is 6.51. The Kier molecular flexibility index (Phi) is 4.83. The monoisotopic (exact) mass is 271 g/mol. The van der Waals surface area contributed by atoms with Gasteiger partial charge in [-0.2, -0.15) is 0 Å². The van der Waals surface area contributed by atoms with Crippen molar-refractivity contribution >= 4 is 11.6 Å². The van der Waals surface area contributed by atoms with Crippen LogP contribution in [0.1, 0.15) is 17.0 Å². The molecule has 0 atom stereocenters. The van der Waals surface area contributed by atoms with Crippen LogP contribution in [0.2, 0.25) is 0 Å². The van der Waals surface area contributed by atoms with Gasteiger partial charge in [0.2, 0.25) is 0 Å². The first-order valence-electron chi connectivity index (χ1n) is 5.98. The summed E-state index contributed by atoms with van der Waals surface area (Å²) in [6.45, 7) is 2.43. The molecule has 2 rings (SSSR count). The van der Waals surface area contributed by atoms with Crippen LogP contribution in [0.5, 0.6) is 5.75 Å². The van der Waals surface area contributed by atoms with Gasteiger partial charge in [-0.1, -0.05) is 17.9 Å². The summed E-state index contributed by atoms with van der Waals surface area (Å²) in [5.74, 6) is 6.92. The van der Waals surface area contributed by atoms with Crippen molar-refractivity contribution < 1.29 is 4.74 Å². The average Bonchev–Trinajstić information content (AvgIpc) is 2.44. The quantitative estimate of drug-likeness (QED) is 0.629. The number of rotatable bonds is 3. The molecule has 2 aromatic rings. The molecule has 3 heteroatoms. The molecule has 96 valence electrons. The Hall–Kier alpha value is -1.98. The van der Waals surface area contributed by atoms with E-state index in [-0.39, 0.29) is 0 Å². The fourth-order valence-corrected chi connectivity index (χ4v) is 1.67. The van der Waals surface area contributed by atoms with E-state index in [0.29, 0.717) is 12.5 Å². The van der Waals surface area contributed by atoms with Crippen molar-refractivity contribution in [2.45, 2.75) is 13.5 Å². The summed E-state index contributed by atoms with van der Waals surface area (Å²) < 4.78 is 5.67. The number of benzene rings is 1. The van der Waals surface area contributed by atoms with E-state index in [4.69, 9.17) is 16.3 Å². The van der Waals surface area contributed by atoms with Gasteiger partial charge in [-0.05, 0) is 43.3 Å². The van der Waals surface area contributed by atoms with E-state index in [1.807, 2.05) is 49.4 Å². The van der Waals surface area contributed by atoms with E-state index in [9.17, 15) is 0 Å². The van der Waals surface area contributed by atoms with Gasteiger partial charge >= 0.3 is 0 Å².